The summed E-state index contributed by atoms with van der Waals surface area (Å²) in [6.07, 6.45) is 0. The Kier molecular flexibility index (Phi) is 3.96. The van der Waals surface area contributed by atoms with Gasteiger partial charge in [-0.2, -0.15) is 5.10 Å². The molecule has 0 saturated heterocycles. The summed E-state index contributed by atoms with van der Waals surface area (Å²) in [7, 11) is 1.50. The molecule has 0 spiro atoms. The van der Waals surface area contributed by atoms with Crippen molar-refractivity contribution in [2.75, 3.05) is 12.0 Å². The number of H-pyrrole nitrogens is 1. The van der Waals surface area contributed by atoms with Gasteiger partial charge in [-0.05, 0) is 48.9 Å². The van der Waals surface area contributed by atoms with Crippen molar-refractivity contribution in [3.63, 3.8) is 0 Å². The molecule has 1 atom stereocenters. The Balaban J connectivity index is 1.91. The van der Waals surface area contributed by atoms with Crippen molar-refractivity contribution >= 4 is 27.5 Å². The zero-order chi connectivity index (χ0) is 18.4. The number of methoxy groups -OCH3 is 1. The molecule has 0 unspecified atom stereocenters. The van der Waals surface area contributed by atoms with E-state index >= 15 is 0 Å². The third kappa shape index (κ3) is 2.47. The standard InChI is InChI=1S/C19H16BrN3O3/c1-10-16-17(22-21-10)19(25)23(13-6-4-12(20)5-7-13)18(16)11-3-8-14(24)15(9-11)26-2/h3-9,18,24H,1-2H3,(H,21,22)/t18-/m0/s1. The Morgan fingerprint density at radius 3 is 2.65 bits per heavy atom. The number of nitrogens with zero attached hydrogens (tertiary/aromatic N) is 2. The van der Waals surface area contributed by atoms with Gasteiger partial charge in [-0.25, -0.2) is 0 Å². The van der Waals surface area contributed by atoms with E-state index in [-0.39, 0.29) is 17.7 Å². The fourth-order valence-corrected chi connectivity index (χ4v) is 3.61. The van der Waals surface area contributed by atoms with Crippen LogP contribution in [0.15, 0.2) is 46.9 Å². The normalized spacial score (nSPS) is 16.0. The SMILES string of the molecule is COc1cc([C@H]2c3c(n[nH]c3C)C(=O)N2c2ccc(Br)cc2)ccc1O. The van der Waals surface area contributed by atoms with Gasteiger partial charge in [0.2, 0.25) is 0 Å². The van der Waals surface area contributed by atoms with Crippen LogP contribution in [0.2, 0.25) is 0 Å². The number of aromatic hydroxyl groups is 1. The number of benzene rings is 2. The van der Waals surface area contributed by atoms with Gasteiger partial charge in [-0.1, -0.05) is 22.0 Å². The van der Waals surface area contributed by atoms with Crippen LogP contribution >= 0.6 is 15.9 Å². The van der Waals surface area contributed by atoms with Crippen LogP contribution in [0.3, 0.4) is 0 Å². The number of aromatic nitrogens is 2. The van der Waals surface area contributed by atoms with Crippen molar-refractivity contribution in [2.45, 2.75) is 13.0 Å². The minimum Gasteiger partial charge on any atom is -0.504 e. The molecular weight excluding hydrogens is 398 g/mol. The highest BCUT2D eigenvalue weighted by atomic mass is 79.9. The van der Waals surface area contributed by atoms with E-state index in [4.69, 9.17) is 4.74 Å². The lowest BCUT2D eigenvalue weighted by Gasteiger charge is -2.26. The van der Waals surface area contributed by atoms with Gasteiger partial charge in [0.1, 0.15) is 0 Å². The van der Waals surface area contributed by atoms with Gasteiger partial charge in [0.25, 0.3) is 5.91 Å². The first-order valence-corrected chi connectivity index (χ1v) is 8.81. The molecule has 2 N–H and O–H groups in total. The van der Waals surface area contributed by atoms with E-state index in [1.807, 2.05) is 31.2 Å². The predicted molar refractivity (Wildman–Crippen MR) is 101 cm³/mol. The first kappa shape index (κ1) is 16.7. The third-order valence-corrected chi connectivity index (χ3v) is 5.10. The van der Waals surface area contributed by atoms with Crippen molar-refractivity contribution in [3.05, 3.63) is 69.5 Å². The monoisotopic (exact) mass is 413 g/mol. The maximum absolute atomic E-state index is 13.1. The maximum atomic E-state index is 13.1. The highest BCUT2D eigenvalue weighted by Gasteiger charge is 2.42. The van der Waals surface area contributed by atoms with Crippen molar-refractivity contribution < 1.29 is 14.6 Å². The zero-order valence-corrected chi connectivity index (χ0v) is 15.7. The Morgan fingerprint density at radius 1 is 1.23 bits per heavy atom. The number of hydrogen-bond acceptors (Lipinski definition) is 4. The summed E-state index contributed by atoms with van der Waals surface area (Å²) in [5.41, 5.74) is 3.70. The number of aromatic amines is 1. The minimum absolute atomic E-state index is 0.0555. The number of fused-ring (bicyclic) bond motifs is 1. The molecule has 0 aliphatic carbocycles. The van der Waals surface area contributed by atoms with Crippen LogP contribution in [0.25, 0.3) is 0 Å². The first-order valence-electron chi connectivity index (χ1n) is 8.02. The van der Waals surface area contributed by atoms with E-state index in [1.165, 1.54) is 7.11 Å². The summed E-state index contributed by atoms with van der Waals surface area (Å²) < 4.78 is 6.18. The molecule has 0 fully saturated rings. The second-order valence-corrected chi connectivity index (χ2v) is 7.01. The second kappa shape index (κ2) is 6.17. The molecule has 4 rings (SSSR count). The van der Waals surface area contributed by atoms with Crippen LogP contribution in [0.5, 0.6) is 11.5 Å². The first-order chi connectivity index (χ1) is 12.5. The summed E-state index contributed by atoms with van der Waals surface area (Å²) in [4.78, 5) is 14.8. The van der Waals surface area contributed by atoms with Crippen LogP contribution in [-0.4, -0.2) is 28.3 Å². The average molecular weight is 414 g/mol. The number of ether oxygens (including phenoxy) is 1. The fraction of sp³-hybridized carbons (Fsp3) is 0.158. The van der Waals surface area contributed by atoms with Gasteiger partial charge < -0.3 is 9.84 Å². The smallest absolute Gasteiger partial charge is 0.279 e. The number of hydrogen-bond donors (Lipinski definition) is 2. The minimum atomic E-state index is -0.355. The summed E-state index contributed by atoms with van der Waals surface area (Å²) >= 11 is 3.42. The number of carbonyl (C=O) groups is 1. The van der Waals surface area contributed by atoms with Crippen molar-refractivity contribution in [1.82, 2.24) is 10.2 Å². The summed E-state index contributed by atoms with van der Waals surface area (Å²) in [5, 5.41) is 17.0. The summed E-state index contributed by atoms with van der Waals surface area (Å²) in [6, 6.07) is 12.3. The van der Waals surface area contributed by atoms with Crippen LogP contribution in [0, 0.1) is 6.92 Å². The molecular formula is C19H16BrN3O3. The maximum Gasteiger partial charge on any atom is 0.279 e. The Hall–Kier alpha value is -2.80. The predicted octanol–water partition coefficient (Wildman–Crippen LogP) is 3.94. The highest BCUT2D eigenvalue weighted by molar-refractivity contribution is 9.10. The molecule has 1 amide bonds. The topological polar surface area (TPSA) is 78.5 Å². The number of anilines is 1. The van der Waals surface area contributed by atoms with E-state index in [0.29, 0.717) is 11.4 Å². The molecule has 3 aromatic rings. The van der Waals surface area contributed by atoms with E-state index in [9.17, 15) is 9.90 Å². The largest absolute Gasteiger partial charge is 0.504 e. The number of halogens is 1. The average Bonchev–Trinajstić information content (AvgIpc) is 3.15. The van der Waals surface area contributed by atoms with Gasteiger partial charge in [0.05, 0.1) is 13.2 Å². The number of amides is 1. The fourth-order valence-electron chi connectivity index (χ4n) is 3.34. The van der Waals surface area contributed by atoms with Crippen LogP contribution < -0.4 is 9.64 Å². The van der Waals surface area contributed by atoms with Gasteiger partial charge in [-0.3, -0.25) is 14.8 Å². The van der Waals surface area contributed by atoms with E-state index < -0.39 is 0 Å². The molecule has 1 aromatic heterocycles. The number of phenolic OH excluding ortho intramolecular Hbond substituents is 1. The van der Waals surface area contributed by atoms with Gasteiger partial charge in [-0.15, -0.1) is 0 Å². The van der Waals surface area contributed by atoms with Crippen molar-refractivity contribution in [3.8, 4) is 11.5 Å². The molecule has 0 saturated carbocycles. The quantitative estimate of drug-likeness (QED) is 0.681. The molecule has 1 aliphatic rings. The molecule has 0 bridgehead atoms. The number of nitrogens with one attached hydrogen (secondary N) is 1. The number of rotatable bonds is 3. The lowest BCUT2D eigenvalue weighted by molar-refractivity contribution is 0.0988. The third-order valence-electron chi connectivity index (χ3n) is 4.57. The molecule has 6 nitrogen and oxygen atoms in total. The molecule has 2 aromatic carbocycles. The lowest BCUT2D eigenvalue weighted by atomic mass is 9.98. The van der Waals surface area contributed by atoms with E-state index in [1.54, 1.807) is 23.1 Å². The Bertz CT molecular complexity index is 998. The Morgan fingerprint density at radius 2 is 1.96 bits per heavy atom. The number of phenols is 1. The van der Waals surface area contributed by atoms with Gasteiger partial charge >= 0.3 is 0 Å². The second-order valence-electron chi connectivity index (χ2n) is 6.10. The van der Waals surface area contributed by atoms with Gasteiger partial charge in [0, 0.05) is 21.4 Å². The summed E-state index contributed by atoms with van der Waals surface area (Å²) in [5.74, 6) is 0.254. The van der Waals surface area contributed by atoms with Crippen molar-refractivity contribution in [1.29, 1.82) is 0 Å². The molecule has 2 heterocycles. The summed E-state index contributed by atoms with van der Waals surface area (Å²) in [6.45, 7) is 1.90. The number of aryl methyl sites for hydroxylation is 1. The zero-order valence-electron chi connectivity index (χ0n) is 14.2. The lowest BCUT2D eigenvalue weighted by Crippen LogP contribution is -2.29. The van der Waals surface area contributed by atoms with Crippen LogP contribution in [-0.2, 0) is 0 Å². The van der Waals surface area contributed by atoms with Crippen molar-refractivity contribution in [2.24, 2.45) is 0 Å². The van der Waals surface area contributed by atoms with E-state index in [0.717, 1.165) is 27.0 Å². The Labute approximate surface area is 158 Å². The van der Waals surface area contributed by atoms with Crippen LogP contribution in [0.1, 0.15) is 33.4 Å². The van der Waals surface area contributed by atoms with E-state index in [2.05, 4.69) is 26.1 Å². The number of carbonyl (C=O) groups excluding carboxylic acids is 1. The molecule has 26 heavy (non-hydrogen) atoms. The highest BCUT2D eigenvalue weighted by Crippen LogP contribution is 2.44. The molecule has 1 aliphatic heterocycles. The van der Waals surface area contributed by atoms with Gasteiger partial charge in [0.15, 0.2) is 17.2 Å². The molecule has 7 heteroatoms. The van der Waals surface area contributed by atoms with Crippen LogP contribution in [0.4, 0.5) is 5.69 Å². The molecule has 132 valence electrons. The molecule has 0 radical (unpaired) electrons.